The first kappa shape index (κ1) is 15.3. The molecule has 0 bridgehead atoms. The summed E-state index contributed by atoms with van der Waals surface area (Å²) in [7, 11) is 2.08. The van der Waals surface area contributed by atoms with Gasteiger partial charge in [-0.05, 0) is 37.0 Å². The molecule has 0 saturated heterocycles. The third-order valence-corrected chi connectivity index (χ3v) is 4.72. The van der Waals surface area contributed by atoms with Crippen LogP contribution in [0.4, 0.5) is 5.69 Å². The minimum Gasteiger partial charge on any atom is -0.367 e. The van der Waals surface area contributed by atoms with Crippen LogP contribution in [0, 0.1) is 6.92 Å². The van der Waals surface area contributed by atoms with Gasteiger partial charge in [-0.2, -0.15) is 5.10 Å². The van der Waals surface area contributed by atoms with Gasteiger partial charge < -0.3 is 10.6 Å². The summed E-state index contributed by atoms with van der Waals surface area (Å²) in [5.74, 6) is -0.351. The predicted octanol–water partition coefficient (Wildman–Crippen LogP) is 2.43. The van der Waals surface area contributed by atoms with E-state index in [1.165, 1.54) is 0 Å². The quantitative estimate of drug-likeness (QED) is 0.910. The molecule has 1 atom stereocenters. The van der Waals surface area contributed by atoms with Gasteiger partial charge in [0.15, 0.2) is 0 Å². The van der Waals surface area contributed by atoms with E-state index < -0.39 is 0 Å². The first-order valence-corrected chi connectivity index (χ1v) is 7.88. The average molecular weight is 310 g/mol. The number of amides is 1. The lowest BCUT2D eigenvalue weighted by molar-refractivity contribution is -0.112. The van der Waals surface area contributed by atoms with Crippen molar-refractivity contribution in [1.29, 1.82) is 0 Å². The zero-order chi connectivity index (χ0) is 16.6. The molecule has 1 amide bonds. The lowest BCUT2D eigenvalue weighted by Crippen LogP contribution is -2.40. The Bertz CT molecular complexity index is 775. The number of likely N-dealkylation sites (N-methyl/N-ethyl adjacent to an activating group) is 1. The van der Waals surface area contributed by atoms with E-state index in [2.05, 4.69) is 29.1 Å². The smallest absolute Gasteiger partial charge is 0.249 e. The van der Waals surface area contributed by atoms with Gasteiger partial charge >= 0.3 is 0 Å². The number of aryl methyl sites for hydroxylation is 1. The largest absolute Gasteiger partial charge is 0.367 e. The number of aromatic nitrogens is 2. The van der Waals surface area contributed by atoms with E-state index in [0.29, 0.717) is 5.57 Å². The van der Waals surface area contributed by atoms with Gasteiger partial charge in [0, 0.05) is 29.6 Å². The third kappa shape index (κ3) is 2.52. The van der Waals surface area contributed by atoms with Crippen molar-refractivity contribution in [2.75, 3.05) is 11.9 Å². The summed E-state index contributed by atoms with van der Waals surface area (Å²) in [5, 5.41) is 7.09. The van der Waals surface area contributed by atoms with E-state index >= 15 is 0 Å². The monoisotopic (exact) mass is 310 g/mol. The van der Waals surface area contributed by atoms with Crippen LogP contribution in [-0.2, 0) is 11.2 Å². The van der Waals surface area contributed by atoms with Crippen LogP contribution >= 0.6 is 0 Å². The van der Waals surface area contributed by atoms with Crippen molar-refractivity contribution in [2.24, 2.45) is 5.73 Å². The number of H-pyrrole nitrogens is 1. The fourth-order valence-corrected chi connectivity index (χ4v) is 3.49. The second-order valence-corrected chi connectivity index (χ2v) is 5.99. The van der Waals surface area contributed by atoms with Crippen LogP contribution in [0.1, 0.15) is 30.2 Å². The second-order valence-electron chi connectivity index (χ2n) is 5.99. The summed E-state index contributed by atoms with van der Waals surface area (Å²) in [4.78, 5) is 14.4. The van der Waals surface area contributed by atoms with E-state index in [1.807, 2.05) is 37.4 Å². The lowest BCUT2D eigenvalue weighted by Gasteiger charge is -2.38. The zero-order valence-electron chi connectivity index (χ0n) is 13.8. The Balaban J connectivity index is 2.14. The Morgan fingerprint density at radius 1 is 1.39 bits per heavy atom. The molecule has 1 unspecified atom stereocenters. The molecule has 1 aromatic heterocycles. The van der Waals surface area contributed by atoms with Crippen molar-refractivity contribution < 1.29 is 4.79 Å². The van der Waals surface area contributed by atoms with E-state index in [9.17, 15) is 4.79 Å². The van der Waals surface area contributed by atoms with Gasteiger partial charge in [0.1, 0.15) is 0 Å². The van der Waals surface area contributed by atoms with E-state index in [4.69, 9.17) is 5.73 Å². The molecule has 1 aliphatic heterocycles. The molecule has 5 nitrogen and oxygen atoms in total. The molecule has 0 aliphatic carbocycles. The molecule has 3 N–H and O–H groups in total. The van der Waals surface area contributed by atoms with Crippen LogP contribution < -0.4 is 10.6 Å². The van der Waals surface area contributed by atoms with Crippen LogP contribution in [0.5, 0.6) is 0 Å². The van der Waals surface area contributed by atoms with Crippen molar-refractivity contribution in [1.82, 2.24) is 10.2 Å². The first-order valence-electron chi connectivity index (χ1n) is 7.88. The number of benzene rings is 1. The highest BCUT2D eigenvalue weighted by Crippen LogP contribution is 2.39. The molecular weight excluding hydrogens is 288 g/mol. The molecule has 3 rings (SSSR count). The molecule has 0 radical (unpaired) electrons. The summed E-state index contributed by atoms with van der Waals surface area (Å²) in [6.07, 6.45) is 3.45. The molecule has 23 heavy (non-hydrogen) atoms. The average Bonchev–Trinajstić information content (AvgIpc) is 2.94. The fourth-order valence-electron chi connectivity index (χ4n) is 3.49. The highest BCUT2D eigenvalue weighted by molar-refractivity contribution is 6.22. The van der Waals surface area contributed by atoms with E-state index in [-0.39, 0.29) is 11.9 Å². The zero-order valence-corrected chi connectivity index (χ0v) is 13.8. The molecular formula is C18H22N4O. The third-order valence-electron chi connectivity index (χ3n) is 4.72. The maximum Gasteiger partial charge on any atom is 0.249 e. The Morgan fingerprint density at radius 2 is 2.13 bits per heavy atom. The normalized spacial score (nSPS) is 17.3. The standard InChI is InChI=1S/C18H22N4O/c1-4-13-16(9-12-10-20-21-11(12)2)22(3)15-8-6-5-7-14(15)17(13)18(19)23/h5-8,10,16H,4,9H2,1-3H3,(H2,19,23)(H,20,21). The van der Waals surface area contributed by atoms with Crippen LogP contribution in [0.2, 0.25) is 0 Å². The van der Waals surface area contributed by atoms with Gasteiger partial charge in [-0.3, -0.25) is 9.89 Å². The molecule has 0 fully saturated rings. The Labute approximate surface area is 136 Å². The molecule has 0 saturated carbocycles. The number of hydrogen-bond acceptors (Lipinski definition) is 3. The summed E-state index contributed by atoms with van der Waals surface area (Å²) in [6, 6.07) is 8.06. The summed E-state index contributed by atoms with van der Waals surface area (Å²) < 4.78 is 0. The lowest BCUT2D eigenvalue weighted by atomic mass is 9.84. The number of nitrogens with one attached hydrogen (secondary N) is 1. The minimum atomic E-state index is -0.351. The number of para-hydroxylation sites is 1. The highest BCUT2D eigenvalue weighted by atomic mass is 16.1. The highest BCUT2D eigenvalue weighted by Gasteiger charge is 2.32. The summed E-state index contributed by atoms with van der Waals surface area (Å²) in [6.45, 7) is 4.10. The number of carbonyl (C=O) groups is 1. The van der Waals surface area contributed by atoms with Crippen LogP contribution in [0.3, 0.4) is 0 Å². The Morgan fingerprint density at radius 3 is 2.74 bits per heavy atom. The number of nitrogens with two attached hydrogens (primary N) is 1. The topological polar surface area (TPSA) is 75.0 Å². The predicted molar refractivity (Wildman–Crippen MR) is 92.1 cm³/mol. The number of hydrogen-bond donors (Lipinski definition) is 2. The van der Waals surface area contributed by atoms with Gasteiger partial charge in [-0.1, -0.05) is 25.1 Å². The summed E-state index contributed by atoms with van der Waals surface area (Å²) in [5.41, 5.74) is 11.7. The van der Waals surface area contributed by atoms with Gasteiger partial charge in [0.2, 0.25) is 5.91 Å². The summed E-state index contributed by atoms with van der Waals surface area (Å²) >= 11 is 0. The van der Waals surface area contributed by atoms with E-state index in [0.717, 1.165) is 40.9 Å². The number of aromatic amines is 1. The molecule has 2 aromatic rings. The van der Waals surface area contributed by atoms with Gasteiger partial charge in [0.25, 0.3) is 0 Å². The second kappa shape index (κ2) is 5.91. The molecule has 0 spiro atoms. The molecule has 1 aromatic carbocycles. The van der Waals surface area contributed by atoms with Crippen molar-refractivity contribution in [3.63, 3.8) is 0 Å². The van der Waals surface area contributed by atoms with Gasteiger partial charge in [-0.15, -0.1) is 0 Å². The molecule has 1 aliphatic rings. The maximum atomic E-state index is 12.1. The van der Waals surface area contributed by atoms with Gasteiger partial charge in [0.05, 0.1) is 12.2 Å². The Kier molecular flexibility index (Phi) is 3.94. The minimum absolute atomic E-state index is 0.105. The van der Waals surface area contributed by atoms with Crippen LogP contribution in [0.25, 0.3) is 5.57 Å². The van der Waals surface area contributed by atoms with Crippen molar-refractivity contribution in [3.05, 3.63) is 52.9 Å². The number of anilines is 1. The van der Waals surface area contributed by atoms with Crippen molar-refractivity contribution in [2.45, 2.75) is 32.7 Å². The fraction of sp³-hybridized carbons (Fsp3) is 0.333. The van der Waals surface area contributed by atoms with Gasteiger partial charge in [-0.25, -0.2) is 0 Å². The van der Waals surface area contributed by atoms with Crippen molar-refractivity contribution >= 4 is 17.2 Å². The number of fused-ring (bicyclic) bond motifs is 1. The molecule has 120 valence electrons. The van der Waals surface area contributed by atoms with Crippen LogP contribution in [0.15, 0.2) is 36.0 Å². The van der Waals surface area contributed by atoms with Crippen LogP contribution in [-0.4, -0.2) is 29.2 Å². The number of primary amides is 1. The number of carbonyl (C=O) groups excluding carboxylic acids is 1. The van der Waals surface area contributed by atoms with Crippen molar-refractivity contribution in [3.8, 4) is 0 Å². The number of nitrogens with zero attached hydrogens (tertiary/aromatic N) is 2. The SMILES string of the molecule is CCC1=C(C(N)=O)c2ccccc2N(C)C1Cc1cn[nH]c1C. The Hall–Kier alpha value is -2.56. The van der Waals surface area contributed by atoms with E-state index in [1.54, 1.807) is 0 Å². The number of rotatable bonds is 4. The maximum absolute atomic E-state index is 12.1. The first-order chi connectivity index (χ1) is 11.0. The molecule has 5 heteroatoms. The molecule has 2 heterocycles.